The van der Waals surface area contributed by atoms with Crippen LogP contribution in [0.5, 0.6) is 5.75 Å². The molecule has 8 nitrogen and oxygen atoms in total. The van der Waals surface area contributed by atoms with Gasteiger partial charge in [0.15, 0.2) is 0 Å². The van der Waals surface area contributed by atoms with Crippen molar-refractivity contribution in [2.24, 2.45) is 0 Å². The van der Waals surface area contributed by atoms with Crippen molar-refractivity contribution >= 4 is 27.4 Å². The fraction of sp³-hybridized carbons (Fsp3) is 0.250. The summed E-state index contributed by atoms with van der Waals surface area (Å²) in [4.78, 5) is 24.0. The predicted octanol–water partition coefficient (Wildman–Crippen LogP) is 5.15. The number of rotatable bonds is 12. The number of esters is 1. The molecule has 3 aromatic carbocycles. The second-order valence-electron chi connectivity index (χ2n) is 8.05. The number of nitrogens with one attached hydrogen (secondary N) is 1. The third kappa shape index (κ3) is 7.41. The van der Waals surface area contributed by atoms with Gasteiger partial charge in [0.2, 0.25) is 9.84 Å². The molecule has 0 saturated heterocycles. The minimum absolute atomic E-state index is 0.0261. The summed E-state index contributed by atoms with van der Waals surface area (Å²) in [6.45, 7) is 2.64. The van der Waals surface area contributed by atoms with Gasteiger partial charge in [-0.1, -0.05) is 24.3 Å². The molecule has 0 aliphatic heterocycles. The summed E-state index contributed by atoms with van der Waals surface area (Å²) in [7, 11) is -4.05. The SMILES string of the molecule is CCOC(=O)CCCCCOc1ccc(C(=O)Nc2ccccc2S(=O)(=O)c2ccccc2C#N)cc1. The molecule has 3 rings (SSSR count). The van der Waals surface area contributed by atoms with Crippen LogP contribution in [0.1, 0.15) is 48.5 Å². The maximum atomic E-state index is 13.3. The number of sulfone groups is 1. The van der Waals surface area contributed by atoms with Crippen LogP contribution in [-0.4, -0.2) is 33.5 Å². The van der Waals surface area contributed by atoms with Crippen molar-refractivity contribution in [2.75, 3.05) is 18.5 Å². The molecule has 37 heavy (non-hydrogen) atoms. The molecule has 1 N–H and O–H groups in total. The van der Waals surface area contributed by atoms with Gasteiger partial charge in [-0.15, -0.1) is 0 Å². The Morgan fingerprint density at radius 2 is 1.57 bits per heavy atom. The van der Waals surface area contributed by atoms with Gasteiger partial charge < -0.3 is 14.8 Å². The molecular formula is C28H28N2O6S. The lowest BCUT2D eigenvalue weighted by Crippen LogP contribution is -2.15. The van der Waals surface area contributed by atoms with Crippen LogP contribution in [-0.2, 0) is 19.4 Å². The maximum Gasteiger partial charge on any atom is 0.305 e. The molecule has 0 saturated carbocycles. The predicted molar refractivity (Wildman–Crippen MR) is 138 cm³/mol. The number of para-hydroxylation sites is 1. The zero-order valence-electron chi connectivity index (χ0n) is 20.5. The van der Waals surface area contributed by atoms with E-state index >= 15 is 0 Å². The zero-order chi connectivity index (χ0) is 26.7. The number of hydrogen-bond acceptors (Lipinski definition) is 7. The second-order valence-corrected chi connectivity index (χ2v) is 9.94. The van der Waals surface area contributed by atoms with E-state index in [0.717, 1.165) is 19.3 Å². The van der Waals surface area contributed by atoms with E-state index in [2.05, 4.69) is 5.32 Å². The van der Waals surface area contributed by atoms with Gasteiger partial charge in [-0.25, -0.2) is 8.42 Å². The molecule has 192 valence electrons. The normalized spacial score (nSPS) is 10.8. The number of hydrogen-bond donors (Lipinski definition) is 1. The number of carbonyl (C=O) groups excluding carboxylic acids is 2. The molecule has 0 aromatic heterocycles. The van der Waals surface area contributed by atoms with Crippen molar-refractivity contribution in [1.82, 2.24) is 0 Å². The first-order valence-electron chi connectivity index (χ1n) is 11.9. The molecule has 0 unspecified atom stereocenters. The van der Waals surface area contributed by atoms with E-state index in [9.17, 15) is 23.3 Å². The van der Waals surface area contributed by atoms with Crippen molar-refractivity contribution in [3.63, 3.8) is 0 Å². The number of benzene rings is 3. The van der Waals surface area contributed by atoms with Gasteiger partial charge in [-0.05, 0) is 74.7 Å². The Morgan fingerprint density at radius 3 is 2.27 bits per heavy atom. The number of anilines is 1. The van der Waals surface area contributed by atoms with Gasteiger partial charge in [-0.3, -0.25) is 9.59 Å². The number of ether oxygens (including phenoxy) is 2. The van der Waals surface area contributed by atoms with Gasteiger partial charge in [0.25, 0.3) is 5.91 Å². The van der Waals surface area contributed by atoms with Crippen molar-refractivity contribution in [3.8, 4) is 11.8 Å². The monoisotopic (exact) mass is 520 g/mol. The molecule has 0 spiro atoms. The van der Waals surface area contributed by atoms with E-state index in [1.54, 1.807) is 55.5 Å². The van der Waals surface area contributed by atoms with Gasteiger partial charge >= 0.3 is 5.97 Å². The molecule has 0 bridgehead atoms. The lowest BCUT2D eigenvalue weighted by Gasteiger charge is -2.13. The smallest absolute Gasteiger partial charge is 0.305 e. The van der Waals surface area contributed by atoms with Gasteiger partial charge in [0, 0.05) is 12.0 Å². The highest BCUT2D eigenvalue weighted by molar-refractivity contribution is 7.91. The van der Waals surface area contributed by atoms with Crippen LogP contribution in [0.4, 0.5) is 5.69 Å². The minimum Gasteiger partial charge on any atom is -0.494 e. The van der Waals surface area contributed by atoms with Crippen molar-refractivity contribution in [1.29, 1.82) is 5.26 Å². The summed E-state index contributed by atoms with van der Waals surface area (Å²) in [5.41, 5.74) is 0.466. The summed E-state index contributed by atoms with van der Waals surface area (Å²) in [6, 6.07) is 20.4. The van der Waals surface area contributed by atoms with Crippen LogP contribution in [0, 0.1) is 11.3 Å². The summed E-state index contributed by atoms with van der Waals surface area (Å²) in [6.07, 6.45) is 2.75. The van der Waals surface area contributed by atoms with Gasteiger partial charge in [0.05, 0.1) is 34.3 Å². The number of nitrogens with zero attached hydrogens (tertiary/aromatic N) is 1. The molecule has 0 aliphatic carbocycles. The Balaban J connectivity index is 1.61. The van der Waals surface area contributed by atoms with Crippen LogP contribution in [0.2, 0.25) is 0 Å². The first-order chi connectivity index (χ1) is 17.9. The number of nitriles is 1. The Hall–Kier alpha value is -4.16. The van der Waals surface area contributed by atoms with Crippen molar-refractivity contribution < 1.29 is 27.5 Å². The molecule has 3 aromatic rings. The van der Waals surface area contributed by atoms with Crippen LogP contribution >= 0.6 is 0 Å². The molecular weight excluding hydrogens is 492 g/mol. The minimum atomic E-state index is -4.05. The maximum absolute atomic E-state index is 13.3. The van der Waals surface area contributed by atoms with Gasteiger partial charge in [0.1, 0.15) is 11.8 Å². The standard InChI is InChI=1S/C28H28N2O6S/c1-2-35-27(31)14-4-3-9-19-36-23-17-15-21(16-18-23)28(32)30-24-11-6-8-13-26(24)37(33,34)25-12-7-5-10-22(25)20-29/h5-8,10-13,15-18H,2-4,9,14,19H2,1H3,(H,30,32). The average molecular weight is 521 g/mol. The van der Waals surface area contributed by atoms with E-state index in [0.29, 0.717) is 30.9 Å². The summed E-state index contributed by atoms with van der Waals surface area (Å²) in [5, 5.41) is 12.0. The number of carbonyl (C=O) groups is 2. The Labute approximate surface area is 216 Å². The molecule has 0 atom stereocenters. The van der Waals surface area contributed by atoms with Crippen LogP contribution < -0.4 is 10.1 Å². The average Bonchev–Trinajstić information content (AvgIpc) is 2.91. The first kappa shape index (κ1) is 27.4. The van der Waals surface area contributed by atoms with Gasteiger partial charge in [-0.2, -0.15) is 5.26 Å². The van der Waals surface area contributed by atoms with Crippen LogP contribution in [0.3, 0.4) is 0 Å². The van der Waals surface area contributed by atoms with E-state index in [-0.39, 0.29) is 27.0 Å². The Bertz CT molecular complexity index is 1380. The van der Waals surface area contributed by atoms with Crippen molar-refractivity contribution in [2.45, 2.75) is 42.4 Å². The summed E-state index contributed by atoms with van der Waals surface area (Å²) >= 11 is 0. The first-order valence-corrected chi connectivity index (χ1v) is 13.4. The van der Waals surface area contributed by atoms with Crippen molar-refractivity contribution in [3.05, 3.63) is 83.9 Å². The third-order valence-electron chi connectivity index (χ3n) is 5.44. The molecule has 0 heterocycles. The van der Waals surface area contributed by atoms with E-state index in [4.69, 9.17) is 9.47 Å². The molecule has 0 fully saturated rings. The molecule has 0 radical (unpaired) electrons. The molecule has 1 amide bonds. The highest BCUT2D eigenvalue weighted by Crippen LogP contribution is 2.29. The highest BCUT2D eigenvalue weighted by Gasteiger charge is 2.25. The van der Waals surface area contributed by atoms with E-state index < -0.39 is 15.7 Å². The lowest BCUT2D eigenvalue weighted by molar-refractivity contribution is -0.143. The summed E-state index contributed by atoms with van der Waals surface area (Å²) < 4.78 is 37.2. The Morgan fingerprint density at radius 1 is 0.892 bits per heavy atom. The quantitative estimate of drug-likeness (QED) is 0.259. The number of unbranched alkanes of at least 4 members (excludes halogenated alkanes) is 2. The zero-order valence-corrected chi connectivity index (χ0v) is 21.3. The number of amides is 1. The topological polar surface area (TPSA) is 123 Å². The third-order valence-corrected chi connectivity index (χ3v) is 7.31. The fourth-order valence-electron chi connectivity index (χ4n) is 3.58. The van der Waals surface area contributed by atoms with E-state index in [1.165, 1.54) is 24.3 Å². The molecule has 0 aliphatic rings. The summed E-state index contributed by atoms with van der Waals surface area (Å²) in [5.74, 6) is -0.0794. The van der Waals surface area contributed by atoms with E-state index in [1.807, 2.05) is 6.07 Å². The second kappa shape index (κ2) is 13.2. The van der Waals surface area contributed by atoms with Crippen LogP contribution in [0.25, 0.3) is 0 Å². The molecule has 9 heteroatoms. The highest BCUT2D eigenvalue weighted by atomic mass is 32.2. The Kier molecular flexibility index (Phi) is 9.81. The van der Waals surface area contributed by atoms with Crippen LogP contribution in [0.15, 0.2) is 82.6 Å². The largest absolute Gasteiger partial charge is 0.494 e. The fourth-order valence-corrected chi connectivity index (χ4v) is 5.15. The lowest BCUT2D eigenvalue weighted by atomic mass is 10.2.